The van der Waals surface area contributed by atoms with Crippen LogP contribution in [0.1, 0.15) is 33.3 Å². The predicted molar refractivity (Wildman–Crippen MR) is 161 cm³/mol. The zero-order valence-electron chi connectivity index (χ0n) is 23.5. The molecule has 2 amide bonds. The molecule has 0 fully saturated rings. The molecule has 3 aromatic rings. The molecule has 1 N–H and O–H groups in total. The Labute approximate surface area is 249 Å². The van der Waals surface area contributed by atoms with Crippen molar-refractivity contribution in [2.24, 2.45) is 5.92 Å². The molecule has 3 rings (SSSR count). The number of carbonyl (C=O) groups is 2. The molecule has 0 saturated carbocycles. The number of anilines is 1. The first-order valence-electron chi connectivity index (χ1n) is 13.2. The Bertz CT molecular complexity index is 1420. The summed E-state index contributed by atoms with van der Waals surface area (Å²) in [5.74, 6) is -0.666. The van der Waals surface area contributed by atoms with Crippen molar-refractivity contribution in [1.29, 1.82) is 0 Å². The molecule has 1 unspecified atom stereocenters. The van der Waals surface area contributed by atoms with Crippen LogP contribution in [0.4, 0.5) is 10.1 Å². The topological polar surface area (TPSA) is 96.0 Å². The van der Waals surface area contributed by atoms with E-state index in [1.807, 2.05) is 20.8 Å². The van der Waals surface area contributed by atoms with E-state index in [4.69, 9.17) is 4.74 Å². The highest BCUT2D eigenvalue weighted by Crippen LogP contribution is 2.27. The van der Waals surface area contributed by atoms with Crippen molar-refractivity contribution in [2.45, 2.75) is 45.2 Å². The fourth-order valence-corrected chi connectivity index (χ4v) is 5.64. The van der Waals surface area contributed by atoms with Gasteiger partial charge in [0.05, 0.1) is 17.2 Å². The smallest absolute Gasteiger partial charge is 0.264 e. The van der Waals surface area contributed by atoms with Gasteiger partial charge in [0.15, 0.2) is 0 Å². The zero-order chi connectivity index (χ0) is 30.2. The Morgan fingerprint density at radius 3 is 2.12 bits per heavy atom. The van der Waals surface area contributed by atoms with E-state index in [1.165, 1.54) is 41.3 Å². The SMILES string of the molecule is CCOc1ccc(N(CC(=O)N(Cc2ccc(F)cc2)C(C)C(=O)NCC(C)C)S(=O)(=O)c2ccc(Br)cc2)cc1. The first-order chi connectivity index (χ1) is 19.4. The van der Waals surface area contributed by atoms with Gasteiger partial charge in [-0.15, -0.1) is 0 Å². The number of rotatable bonds is 13. The normalized spacial score (nSPS) is 12.1. The van der Waals surface area contributed by atoms with Crippen LogP contribution in [0.3, 0.4) is 0 Å². The Morgan fingerprint density at radius 1 is 0.951 bits per heavy atom. The van der Waals surface area contributed by atoms with Gasteiger partial charge in [0.25, 0.3) is 10.0 Å². The summed E-state index contributed by atoms with van der Waals surface area (Å²) in [5, 5.41) is 2.83. The summed E-state index contributed by atoms with van der Waals surface area (Å²) in [6, 6.07) is 17.2. The van der Waals surface area contributed by atoms with Gasteiger partial charge >= 0.3 is 0 Å². The highest BCUT2D eigenvalue weighted by Gasteiger charge is 2.32. The number of sulfonamides is 1. The molecular weight excluding hydrogens is 613 g/mol. The van der Waals surface area contributed by atoms with Crippen molar-refractivity contribution in [3.05, 3.63) is 88.6 Å². The lowest BCUT2D eigenvalue weighted by molar-refractivity contribution is -0.139. The molecule has 8 nitrogen and oxygen atoms in total. The van der Waals surface area contributed by atoms with E-state index >= 15 is 0 Å². The van der Waals surface area contributed by atoms with Crippen LogP contribution < -0.4 is 14.4 Å². The summed E-state index contributed by atoms with van der Waals surface area (Å²) < 4.78 is 48.5. The summed E-state index contributed by atoms with van der Waals surface area (Å²) in [5.41, 5.74) is 0.843. The van der Waals surface area contributed by atoms with Crippen molar-refractivity contribution in [3.63, 3.8) is 0 Å². The standard InChI is InChI=1S/C30H35BrFN3O5S/c1-5-40-27-14-12-26(13-15-27)35(41(38,39)28-16-8-24(31)9-17-28)20-29(36)34(19-23-6-10-25(32)11-7-23)22(4)30(37)33-18-21(2)3/h6-17,21-22H,5,18-20H2,1-4H3,(H,33,37). The Morgan fingerprint density at radius 2 is 1.56 bits per heavy atom. The maximum atomic E-state index is 13.9. The largest absolute Gasteiger partial charge is 0.494 e. The number of amides is 2. The van der Waals surface area contributed by atoms with Crippen LogP contribution in [0.25, 0.3) is 0 Å². The number of nitrogens with one attached hydrogen (secondary N) is 1. The van der Waals surface area contributed by atoms with Crippen molar-refractivity contribution < 1.29 is 27.1 Å². The molecule has 0 aliphatic heterocycles. The van der Waals surface area contributed by atoms with E-state index in [0.717, 1.165) is 4.31 Å². The van der Waals surface area contributed by atoms with Gasteiger partial charge in [-0.1, -0.05) is 41.9 Å². The quantitative estimate of drug-likeness (QED) is 0.269. The van der Waals surface area contributed by atoms with Gasteiger partial charge in [-0.05, 0) is 86.0 Å². The Kier molecular flexibility index (Phi) is 11.3. The van der Waals surface area contributed by atoms with Crippen LogP contribution in [-0.2, 0) is 26.2 Å². The summed E-state index contributed by atoms with van der Waals surface area (Å²) >= 11 is 3.32. The third-order valence-electron chi connectivity index (χ3n) is 6.23. The summed E-state index contributed by atoms with van der Waals surface area (Å²) in [6.07, 6.45) is 0. The maximum absolute atomic E-state index is 13.9. The van der Waals surface area contributed by atoms with Crippen molar-refractivity contribution in [2.75, 3.05) is 24.0 Å². The van der Waals surface area contributed by atoms with Crippen LogP contribution in [0, 0.1) is 11.7 Å². The monoisotopic (exact) mass is 647 g/mol. The highest BCUT2D eigenvalue weighted by molar-refractivity contribution is 9.10. The number of hydrogen-bond donors (Lipinski definition) is 1. The van der Waals surface area contributed by atoms with E-state index in [-0.39, 0.29) is 29.0 Å². The second-order valence-corrected chi connectivity index (χ2v) is 12.6. The Balaban J connectivity index is 2.01. The second kappa shape index (κ2) is 14.5. The van der Waals surface area contributed by atoms with Gasteiger partial charge in [-0.25, -0.2) is 12.8 Å². The maximum Gasteiger partial charge on any atom is 0.264 e. The molecular formula is C30H35BrFN3O5S. The van der Waals surface area contributed by atoms with E-state index in [0.29, 0.717) is 28.9 Å². The molecule has 0 aliphatic rings. The van der Waals surface area contributed by atoms with Crippen LogP contribution in [0.2, 0.25) is 0 Å². The number of ether oxygens (including phenoxy) is 1. The summed E-state index contributed by atoms with van der Waals surface area (Å²) in [4.78, 5) is 28.2. The number of nitrogens with zero attached hydrogens (tertiary/aromatic N) is 2. The van der Waals surface area contributed by atoms with Crippen molar-refractivity contribution in [1.82, 2.24) is 10.2 Å². The van der Waals surface area contributed by atoms with Gasteiger partial charge < -0.3 is 15.0 Å². The Hall–Kier alpha value is -3.44. The minimum absolute atomic E-state index is 0.00445. The van der Waals surface area contributed by atoms with E-state index in [2.05, 4.69) is 21.2 Å². The number of benzene rings is 3. The van der Waals surface area contributed by atoms with Gasteiger partial charge in [-0.3, -0.25) is 13.9 Å². The van der Waals surface area contributed by atoms with Crippen molar-refractivity contribution in [3.8, 4) is 5.75 Å². The van der Waals surface area contributed by atoms with E-state index in [1.54, 1.807) is 43.3 Å². The summed E-state index contributed by atoms with van der Waals surface area (Å²) in [7, 11) is -4.20. The van der Waals surface area contributed by atoms with Crippen LogP contribution in [0.15, 0.2) is 82.2 Å². The van der Waals surface area contributed by atoms with Crippen LogP contribution >= 0.6 is 15.9 Å². The molecule has 3 aromatic carbocycles. The molecule has 220 valence electrons. The van der Waals surface area contributed by atoms with Crippen LogP contribution in [0.5, 0.6) is 5.75 Å². The minimum Gasteiger partial charge on any atom is -0.494 e. The van der Waals surface area contributed by atoms with Gasteiger partial charge in [0, 0.05) is 17.6 Å². The predicted octanol–water partition coefficient (Wildman–Crippen LogP) is 5.37. The fraction of sp³-hybridized carbons (Fsp3) is 0.333. The minimum atomic E-state index is -4.20. The van der Waals surface area contributed by atoms with E-state index in [9.17, 15) is 22.4 Å². The molecule has 0 heterocycles. The lowest BCUT2D eigenvalue weighted by Crippen LogP contribution is -2.51. The number of hydrogen-bond acceptors (Lipinski definition) is 5. The molecule has 0 radical (unpaired) electrons. The van der Waals surface area contributed by atoms with Gasteiger partial charge in [-0.2, -0.15) is 0 Å². The third-order valence-corrected chi connectivity index (χ3v) is 8.55. The number of halogens is 2. The van der Waals surface area contributed by atoms with Gasteiger partial charge in [0.1, 0.15) is 24.2 Å². The lowest BCUT2D eigenvalue weighted by Gasteiger charge is -2.32. The average molecular weight is 649 g/mol. The molecule has 11 heteroatoms. The molecule has 0 saturated heterocycles. The zero-order valence-corrected chi connectivity index (χ0v) is 25.9. The molecule has 0 aliphatic carbocycles. The van der Waals surface area contributed by atoms with Crippen molar-refractivity contribution >= 4 is 43.5 Å². The molecule has 41 heavy (non-hydrogen) atoms. The summed E-state index contributed by atoms with van der Waals surface area (Å²) in [6.45, 7) is 7.58. The molecule has 1 atom stereocenters. The lowest BCUT2D eigenvalue weighted by atomic mass is 10.1. The molecule has 0 spiro atoms. The first-order valence-corrected chi connectivity index (χ1v) is 15.5. The average Bonchev–Trinajstić information content (AvgIpc) is 2.94. The van der Waals surface area contributed by atoms with E-state index < -0.39 is 34.3 Å². The molecule has 0 aromatic heterocycles. The second-order valence-electron chi connectivity index (χ2n) is 9.86. The van der Waals surface area contributed by atoms with Gasteiger partial charge in [0.2, 0.25) is 11.8 Å². The first kappa shape index (κ1) is 32.1. The highest BCUT2D eigenvalue weighted by atomic mass is 79.9. The fourth-order valence-electron chi connectivity index (χ4n) is 3.96. The van der Waals surface area contributed by atoms with Crippen LogP contribution in [-0.4, -0.2) is 50.9 Å². The third kappa shape index (κ3) is 8.77. The molecule has 0 bridgehead atoms. The number of carbonyl (C=O) groups excluding carboxylic acids is 2.